The molecule has 6 heteroatoms. The van der Waals surface area contributed by atoms with Crippen molar-refractivity contribution in [3.05, 3.63) is 29.8 Å². The molecule has 5 nitrogen and oxygen atoms in total. The first kappa shape index (κ1) is 15.0. The lowest BCUT2D eigenvalue weighted by atomic mass is 10.1. The quantitative estimate of drug-likeness (QED) is 0.895. The Morgan fingerprint density at radius 2 is 2.20 bits per heavy atom. The predicted molar refractivity (Wildman–Crippen MR) is 77.2 cm³/mol. The van der Waals surface area contributed by atoms with Gasteiger partial charge in [0.1, 0.15) is 0 Å². The number of nitrogens with two attached hydrogens (primary N) is 1. The summed E-state index contributed by atoms with van der Waals surface area (Å²) in [5, 5.41) is 0. The number of carbonyl (C=O) groups is 1. The summed E-state index contributed by atoms with van der Waals surface area (Å²) in [6.45, 7) is 2.06. The minimum absolute atomic E-state index is 0.102. The summed E-state index contributed by atoms with van der Waals surface area (Å²) in [6, 6.07) is 6.23. The number of likely N-dealkylation sites (tertiary alicyclic amines) is 1. The van der Waals surface area contributed by atoms with Crippen LogP contribution in [0, 0.1) is 5.92 Å². The van der Waals surface area contributed by atoms with E-state index in [1.807, 2.05) is 0 Å². The standard InChI is InChI=1S/C14H20N2O3S/c1-20(18,19)13-4-2-3-12(9-13)14(17)16-8-6-11(10-16)5-7-15/h2-4,9,11H,5-8,10,15H2,1H3. The molecule has 1 saturated heterocycles. The van der Waals surface area contributed by atoms with Gasteiger partial charge in [0, 0.05) is 24.9 Å². The van der Waals surface area contributed by atoms with E-state index in [-0.39, 0.29) is 10.8 Å². The van der Waals surface area contributed by atoms with E-state index in [1.165, 1.54) is 12.1 Å². The molecule has 0 aromatic heterocycles. The van der Waals surface area contributed by atoms with Crippen LogP contribution >= 0.6 is 0 Å². The molecular formula is C14H20N2O3S. The molecule has 1 aromatic rings. The molecule has 0 aliphatic carbocycles. The number of benzene rings is 1. The molecule has 1 aliphatic rings. The largest absolute Gasteiger partial charge is 0.338 e. The van der Waals surface area contributed by atoms with Gasteiger partial charge in [0.15, 0.2) is 9.84 Å². The van der Waals surface area contributed by atoms with Gasteiger partial charge in [-0.05, 0) is 43.5 Å². The third-order valence-electron chi connectivity index (χ3n) is 3.66. The maximum absolute atomic E-state index is 12.4. The van der Waals surface area contributed by atoms with E-state index in [9.17, 15) is 13.2 Å². The molecule has 1 aromatic carbocycles. The minimum atomic E-state index is -3.29. The van der Waals surface area contributed by atoms with Gasteiger partial charge in [0.25, 0.3) is 5.91 Å². The molecule has 0 radical (unpaired) electrons. The van der Waals surface area contributed by atoms with Crippen molar-refractivity contribution in [1.29, 1.82) is 0 Å². The van der Waals surface area contributed by atoms with E-state index in [1.54, 1.807) is 17.0 Å². The summed E-state index contributed by atoms with van der Waals surface area (Å²) in [5.74, 6) is 0.358. The van der Waals surface area contributed by atoms with Crippen LogP contribution in [0.15, 0.2) is 29.2 Å². The van der Waals surface area contributed by atoms with Crippen LogP contribution in [0.3, 0.4) is 0 Å². The molecule has 1 unspecified atom stereocenters. The monoisotopic (exact) mass is 296 g/mol. The molecular weight excluding hydrogens is 276 g/mol. The zero-order valence-electron chi connectivity index (χ0n) is 11.6. The first-order valence-corrected chi connectivity index (χ1v) is 8.60. The van der Waals surface area contributed by atoms with Gasteiger partial charge in [-0.1, -0.05) is 6.07 Å². The van der Waals surface area contributed by atoms with Crippen LogP contribution in [0.4, 0.5) is 0 Å². The number of hydrogen-bond acceptors (Lipinski definition) is 4. The Labute approximate surface area is 119 Å². The molecule has 1 atom stereocenters. The SMILES string of the molecule is CS(=O)(=O)c1cccc(C(=O)N2CCC(CCN)C2)c1. The summed E-state index contributed by atoms with van der Waals surface area (Å²) in [4.78, 5) is 14.3. The lowest BCUT2D eigenvalue weighted by Crippen LogP contribution is -2.29. The van der Waals surface area contributed by atoms with Gasteiger partial charge in [-0.25, -0.2) is 8.42 Å². The zero-order valence-corrected chi connectivity index (χ0v) is 12.4. The lowest BCUT2D eigenvalue weighted by Gasteiger charge is -2.16. The van der Waals surface area contributed by atoms with Crippen LogP contribution in [-0.4, -0.2) is 45.1 Å². The highest BCUT2D eigenvalue weighted by molar-refractivity contribution is 7.90. The summed E-state index contributed by atoms with van der Waals surface area (Å²) in [6.07, 6.45) is 3.03. The molecule has 0 bridgehead atoms. The fraction of sp³-hybridized carbons (Fsp3) is 0.500. The maximum atomic E-state index is 12.4. The molecule has 2 N–H and O–H groups in total. The van der Waals surface area contributed by atoms with Crippen LogP contribution in [0.2, 0.25) is 0 Å². The third kappa shape index (κ3) is 3.37. The Morgan fingerprint density at radius 3 is 2.85 bits per heavy atom. The van der Waals surface area contributed by atoms with Gasteiger partial charge < -0.3 is 10.6 Å². The van der Waals surface area contributed by atoms with Gasteiger partial charge in [-0.15, -0.1) is 0 Å². The lowest BCUT2D eigenvalue weighted by molar-refractivity contribution is 0.0786. The van der Waals surface area contributed by atoms with Gasteiger partial charge in [-0.2, -0.15) is 0 Å². The molecule has 1 amide bonds. The van der Waals surface area contributed by atoms with Crippen molar-refractivity contribution in [3.8, 4) is 0 Å². The maximum Gasteiger partial charge on any atom is 0.253 e. The second-order valence-corrected chi connectivity index (χ2v) is 7.30. The smallest absolute Gasteiger partial charge is 0.253 e. The average molecular weight is 296 g/mol. The van der Waals surface area contributed by atoms with Crippen molar-refractivity contribution >= 4 is 15.7 Å². The second-order valence-electron chi connectivity index (χ2n) is 5.28. The fourth-order valence-electron chi connectivity index (χ4n) is 2.53. The Kier molecular flexibility index (Phi) is 4.45. The normalized spacial score (nSPS) is 19.3. The van der Waals surface area contributed by atoms with Crippen molar-refractivity contribution in [1.82, 2.24) is 4.90 Å². The highest BCUT2D eigenvalue weighted by atomic mass is 32.2. The number of hydrogen-bond donors (Lipinski definition) is 1. The van der Waals surface area contributed by atoms with Crippen molar-refractivity contribution in [2.24, 2.45) is 11.7 Å². The highest BCUT2D eigenvalue weighted by Gasteiger charge is 2.26. The molecule has 110 valence electrons. The first-order valence-electron chi connectivity index (χ1n) is 6.71. The van der Waals surface area contributed by atoms with Gasteiger partial charge in [-0.3, -0.25) is 4.79 Å². The van der Waals surface area contributed by atoms with Crippen molar-refractivity contribution in [2.75, 3.05) is 25.9 Å². The van der Waals surface area contributed by atoms with E-state index in [0.717, 1.165) is 19.1 Å². The molecule has 1 heterocycles. The van der Waals surface area contributed by atoms with Crippen LogP contribution in [0.1, 0.15) is 23.2 Å². The van der Waals surface area contributed by atoms with Gasteiger partial charge in [0.2, 0.25) is 0 Å². The topological polar surface area (TPSA) is 80.5 Å². The molecule has 1 fully saturated rings. The van der Waals surface area contributed by atoms with Crippen LogP contribution in [-0.2, 0) is 9.84 Å². The summed E-state index contributed by atoms with van der Waals surface area (Å²) >= 11 is 0. The van der Waals surface area contributed by atoms with Crippen LogP contribution < -0.4 is 5.73 Å². The van der Waals surface area contributed by atoms with Crippen molar-refractivity contribution < 1.29 is 13.2 Å². The number of sulfone groups is 1. The molecule has 0 spiro atoms. The van der Waals surface area contributed by atoms with Crippen molar-refractivity contribution in [2.45, 2.75) is 17.7 Å². The molecule has 0 saturated carbocycles. The Hall–Kier alpha value is -1.40. The van der Waals surface area contributed by atoms with Gasteiger partial charge >= 0.3 is 0 Å². The van der Waals surface area contributed by atoms with E-state index < -0.39 is 9.84 Å². The third-order valence-corrected chi connectivity index (χ3v) is 4.77. The fourth-order valence-corrected chi connectivity index (χ4v) is 3.20. The molecule has 2 rings (SSSR count). The van der Waals surface area contributed by atoms with E-state index in [0.29, 0.717) is 31.1 Å². The Bertz CT molecular complexity index is 598. The highest BCUT2D eigenvalue weighted by Crippen LogP contribution is 2.21. The summed E-state index contributed by atoms with van der Waals surface area (Å²) < 4.78 is 23.1. The Balaban J connectivity index is 2.14. The Morgan fingerprint density at radius 1 is 1.45 bits per heavy atom. The van der Waals surface area contributed by atoms with Crippen LogP contribution in [0.25, 0.3) is 0 Å². The number of nitrogens with zero attached hydrogens (tertiary/aromatic N) is 1. The number of rotatable bonds is 4. The molecule has 20 heavy (non-hydrogen) atoms. The minimum Gasteiger partial charge on any atom is -0.338 e. The van der Waals surface area contributed by atoms with Gasteiger partial charge in [0.05, 0.1) is 4.90 Å². The summed E-state index contributed by atoms with van der Waals surface area (Å²) in [5.41, 5.74) is 5.97. The first-order chi connectivity index (χ1) is 9.41. The van der Waals surface area contributed by atoms with E-state index in [2.05, 4.69) is 0 Å². The molecule has 1 aliphatic heterocycles. The number of amides is 1. The predicted octanol–water partition coefficient (Wildman–Crippen LogP) is 0.901. The zero-order chi connectivity index (χ0) is 14.8. The summed E-state index contributed by atoms with van der Waals surface area (Å²) in [7, 11) is -3.29. The number of carbonyl (C=O) groups excluding carboxylic acids is 1. The van der Waals surface area contributed by atoms with Crippen molar-refractivity contribution in [3.63, 3.8) is 0 Å². The van der Waals surface area contributed by atoms with E-state index in [4.69, 9.17) is 5.73 Å². The van der Waals surface area contributed by atoms with E-state index >= 15 is 0 Å². The average Bonchev–Trinajstić information content (AvgIpc) is 2.86. The second kappa shape index (κ2) is 5.93. The van der Waals surface area contributed by atoms with Crippen LogP contribution in [0.5, 0.6) is 0 Å².